The van der Waals surface area contributed by atoms with Crippen molar-refractivity contribution >= 4 is 29.3 Å². The van der Waals surface area contributed by atoms with E-state index in [1.54, 1.807) is 20.8 Å². The van der Waals surface area contributed by atoms with Crippen LogP contribution in [0, 0.1) is 0 Å². The van der Waals surface area contributed by atoms with E-state index in [1.807, 2.05) is 0 Å². The van der Waals surface area contributed by atoms with Gasteiger partial charge in [0, 0.05) is 6.07 Å². The van der Waals surface area contributed by atoms with Crippen molar-refractivity contribution in [3.05, 3.63) is 23.4 Å². The summed E-state index contributed by atoms with van der Waals surface area (Å²) in [6.07, 6.45) is -3.82. The van der Waals surface area contributed by atoms with Crippen LogP contribution in [0.1, 0.15) is 26.5 Å². The van der Waals surface area contributed by atoms with Gasteiger partial charge in [0.2, 0.25) is 11.2 Å². The summed E-state index contributed by atoms with van der Waals surface area (Å²) < 4.78 is 37.9. The Morgan fingerprint density at radius 2 is 1.71 bits per heavy atom. The zero-order chi connectivity index (χ0) is 18.0. The fourth-order valence-corrected chi connectivity index (χ4v) is 1.51. The van der Waals surface area contributed by atoms with Crippen LogP contribution in [0.4, 0.5) is 30.9 Å². The molecule has 0 unspecified atom stereocenters. The van der Waals surface area contributed by atoms with Crippen molar-refractivity contribution in [3.63, 3.8) is 0 Å². The van der Waals surface area contributed by atoms with Gasteiger partial charge in [-0.1, -0.05) is 0 Å². The molecule has 8 nitrogen and oxygen atoms in total. The number of nitrogens with zero attached hydrogens (tertiary/aromatic N) is 5. The number of rotatable bonds is 4. The summed E-state index contributed by atoms with van der Waals surface area (Å²) in [7, 11) is 0. The molecule has 2 rings (SSSR count). The summed E-state index contributed by atoms with van der Waals surface area (Å²) in [5, 5.41) is 2.32. The third-order valence-electron chi connectivity index (χ3n) is 2.25. The fourth-order valence-electron chi connectivity index (χ4n) is 1.35. The van der Waals surface area contributed by atoms with Crippen LogP contribution in [-0.4, -0.2) is 30.5 Å². The van der Waals surface area contributed by atoms with Crippen molar-refractivity contribution < 1.29 is 18.0 Å². The molecule has 0 saturated carbocycles. The lowest BCUT2D eigenvalue weighted by molar-refractivity contribution is -0.141. The molecular weight excluding hydrogens is 351 g/mol. The fraction of sp³-hybridized carbons (Fsp3) is 0.417. The highest BCUT2D eigenvalue weighted by Crippen LogP contribution is 2.28. The molecule has 0 bridgehead atoms. The first-order valence-electron chi connectivity index (χ1n) is 6.55. The van der Waals surface area contributed by atoms with Gasteiger partial charge in [0.25, 0.3) is 5.95 Å². The minimum atomic E-state index is -4.59. The summed E-state index contributed by atoms with van der Waals surface area (Å²) in [4.78, 5) is 23.6. The molecule has 130 valence electrons. The van der Waals surface area contributed by atoms with Crippen LogP contribution in [-0.2, 0) is 11.0 Å². The standard InChI is InChI=1S/C12H13ClF3N7O/c1-11(2,3)24-23-10-21-8(13)20-9(22-10)19-7-4-6(12(14,15)16)17-5-18-7/h4-5H,1-3H3,(H2,17,18,19,20,21,22,23). The third-order valence-corrected chi connectivity index (χ3v) is 2.42. The normalized spacial score (nSPS) is 12.1. The van der Waals surface area contributed by atoms with E-state index in [9.17, 15) is 13.2 Å². The summed E-state index contributed by atoms with van der Waals surface area (Å²) >= 11 is 5.76. The van der Waals surface area contributed by atoms with E-state index in [0.717, 1.165) is 12.4 Å². The van der Waals surface area contributed by atoms with Gasteiger partial charge in [-0.2, -0.15) is 28.1 Å². The Kier molecular flexibility index (Phi) is 5.04. The van der Waals surface area contributed by atoms with Gasteiger partial charge in [-0.15, -0.1) is 0 Å². The molecule has 0 atom stereocenters. The second-order valence-electron chi connectivity index (χ2n) is 5.48. The summed E-state index contributed by atoms with van der Waals surface area (Å²) in [6, 6.07) is 0.719. The minimum absolute atomic E-state index is 0.0162. The average Bonchev–Trinajstić information content (AvgIpc) is 2.43. The Morgan fingerprint density at radius 3 is 2.33 bits per heavy atom. The number of hydrogen-bond acceptors (Lipinski definition) is 8. The second kappa shape index (κ2) is 6.69. The van der Waals surface area contributed by atoms with Crippen molar-refractivity contribution in [1.82, 2.24) is 24.9 Å². The summed E-state index contributed by atoms with van der Waals surface area (Å²) in [5.41, 5.74) is 0.859. The maximum absolute atomic E-state index is 12.6. The molecule has 0 saturated heterocycles. The monoisotopic (exact) mass is 363 g/mol. The first kappa shape index (κ1) is 18.1. The molecule has 2 aromatic rings. The highest BCUT2D eigenvalue weighted by molar-refractivity contribution is 6.28. The Morgan fingerprint density at radius 1 is 1.04 bits per heavy atom. The number of aromatic nitrogens is 5. The van der Waals surface area contributed by atoms with Crippen LogP contribution in [0.5, 0.6) is 0 Å². The summed E-state index contributed by atoms with van der Waals surface area (Å²) in [6.45, 7) is 5.38. The smallest absolute Gasteiger partial charge is 0.308 e. The van der Waals surface area contributed by atoms with Crippen molar-refractivity contribution in [2.24, 2.45) is 0 Å². The van der Waals surface area contributed by atoms with E-state index in [-0.39, 0.29) is 23.0 Å². The molecule has 0 aliphatic carbocycles. The molecule has 2 heterocycles. The Hall–Kier alpha value is -2.27. The lowest BCUT2D eigenvalue weighted by Crippen LogP contribution is -2.24. The lowest BCUT2D eigenvalue weighted by atomic mass is 10.2. The Labute approximate surface area is 139 Å². The van der Waals surface area contributed by atoms with E-state index >= 15 is 0 Å². The predicted octanol–water partition coefficient (Wildman–Crippen LogP) is 3.22. The molecule has 0 fully saturated rings. The maximum Gasteiger partial charge on any atom is 0.433 e. The first-order valence-corrected chi connectivity index (χ1v) is 6.92. The maximum atomic E-state index is 12.6. The van der Waals surface area contributed by atoms with E-state index in [0.29, 0.717) is 0 Å². The average molecular weight is 364 g/mol. The topological polar surface area (TPSA) is 97.7 Å². The van der Waals surface area contributed by atoms with Gasteiger partial charge in [-0.05, 0) is 32.4 Å². The zero-order valence-electron chi connectivity index (χ0n) is 12.8. The predicted molar refractivity (Wildman–Crippen MR) is 79.6 cm³/mol. The van der Waals surface area contributed by atoms with Crippen LogP contribution in [0.2, 0.25) is 5.28 Å². The lowest BCUT2D eigenvalue weighted by Gasteiger charge is -2.19. The van der Waals surface area contributed by atoms with Gasteiger partial charge in [-0.3, -0.25) is 4.84 Å². The van der Waals surface area contributed by atoms with Crippen LogP contribution in [0.3, 0.4) is 0 Å². The SMILES string of the molecule is CC(C)(C)ONc1nc(Cl)nc(Nc2cc(C(F)(F)F)ncn2)n1. The number of hydrogen-bond donors (Lipinski definition) is 2. The molecule has 0 aliphatic rings. The quantitative estimate of drug-likeness (QED) is 0.799. The molecule has 0 amide bonds. The summed E-state index contributed by atoms with van der Waals surface area (Å²) in [5.74, 6) is -0.276. The number of alkyl halides is 3. The third kappa shape index (κ3) is 5.42. The Balaban J connectivity index is 2.19. The Bertz CT molecular complexity index is 721. The van der Waals surface area contributed by atoms with E-state index < -0.39 is 17.5 Å². The van der Waals surface area contributed by atoms with Gasteiger partial charge < -0.3 is 5.32 Å². The van der Waals surface area contributed by atoms with Crippen molar-refractivity contribution in [2.45, 2.75) is 32.5 Å². The van der Waals surface area contributed by atoms with Gasteiger partial charge >= 0.3 is 6.18 Å². The van der Waals surface area contributed by atoms with E-state index in [2.05, 4.69) is 35.7 Å². The number of nitrogens with one attached hydrogen (secondary N) is 2. The minimum Gasteiger partial charge on any atom is -0.308 e. The molecular formula is C12H13ClF3N7O. The molecule has 2 aromatic heterocycles. The number of halogens is 4. The highest BCUT2D eigenvalue weighted by atomic mass is 35.5. The van der Waals surface area contributed by atoms with Crippen LogP contribution in [0.25, 0.3) is 0 Å². The molecule has 0 spiro atoms. The van der Waals surface area contributed by atoms with Crippen molar-refractivity contribution in [2.75, 3.05) is 10.8 Å². The van der Waals surface area contributed by atoms with Crippen LogP contribution >= 0.6 is 11.6 Å². The highest BCUT2D eigenvalue weighted by Gasteiger charge is 2.32. The van der Waals surface area contributed by atoms with Crippen molar-refractivity contribution in [1.29, 1.82) is 0 Å². The van der Waals surface area contributed by atoms with Gasteiger partial charge in [-0.25, -0.2) is 15.4 Å². The van der Waals surface area contributed by atoms with Gasteiger partial charge in [0.05, 0.1) is 5.60 Å². The second-order valence-corrected chi connectivity index (χ2v) is 5.82. The van der Waals surface area contributed by atoms with E-state index in [4.69, 9.17) is 16.4 Å². The van der Waals surface area contributed by atoms with E-state index in [1.165, 1.54) is 0 Å². The molecule has 12 heteroatoms. The molecule has 0 radical (unpaired) electrons. The van der Waals surface area contributed by atoms with Gasteiger partial charge in [0.1, 0.15) is 17.8 Å². The molecule has 2 N–H and O–H groups in total. The molecule has 0 aromatic carbocycles. The molecule has 24 heavy (non-hydrogen) atoms. The molecule has 0 aliphatic heterocycles. The van der Waals surface area contributed by atoms with Crippen LogP contribution in [0.15, 0.2) is 12.4 Å². The largest absolute Gasteiger partial charge is 0.433 e. The first-order chi connectivity index (χ1) is 11.0. The van der Waals surface area contributed by atoms with Crippen molar-refractivity contribution in [3.8, 4) is 0 Å². The number of anilines is 3. The van der Waals surface area contributed by atoms with Gasteiger partial charge in [0.15, 0.2) is 0 Å². The zero-order valence-corrected chi connectivity index (χ0v) is 13.6. The van der Waals surface area contributed by atoms with Crippen LogP contribution < -0.4 is 10.8 Å².